The summed E-state index contributed by atoms with van der Waals surface area (Å²) in [5, 5.41) is 8.65. The Bertz CT molecular complexity index is 1530. The van der Waals surface area contributed by atoms with E-state index >= 15 is 0 Å². The number of nitrogens with zero attached hydrogens (tertiary/aromatic N) is 3. The molecule has 1 N–H and O–H groups in total. The van der Waals surface area contributed by atoms with E-state index in [2.05, 4.69) is 50.4 Å². The van der Waals surface area contributed by atoms with Gasteiger partial charge in [-0.1, -0.05) is 66.4 Å². The lowest BCUT2D eigenvalue weighted by Gasteiger charge is -2.27. The number of aryl methyl sites for hydroxylation is 3. The first-order valence-electron chi connectivity index (χ1n) is 12.8. The Labute approximate surface area is 233 Å². The van der Waals surface area contributed by atoms with Crippen LogP contribution in [0.4, 0.5) is 5.95 Å². The normalized spacial score (nSPS) is 14.5. The molecule has 0 amide bonds. The zero-order chi connectivity index (χ0) is 27.5. The Morgan fingerprint density at radius 2 is 1.69 bits per heavy atom. The largest absolute Gasteiger partial charge is 0.489 e. The number of fused-ring (bicyclic) bond motifs is 1. The number of thioether (sulfide) groups is 1. The van der Waals surface area contributed by atoms with Crippen molar-refractivity contribution in [1.82, 2.24) is 14.8 Å². The van der Waals surface area contributed by atoms with Gasteiger partial charge in [0, 0.05) is 11.4 Å². The maximum atomic E-state index is 12.9. The highest BCUT2D eigenvalue weighted by Crippen LogP contribution is 2.37. The molecule has 2 heterocycles. The molecule has 0 saturated heterocycles. The van der Waals surface area contributed by atoms with Crippen molar-refractivity contribution in [2.75, 3.05) is 12.4 Å². The van der Waals surface area contributed by atoms with Crippen LogP contribution in [0.2, 0.25) is 0 Å². The lowest BCUT2D eigenvalue weighted by atomic mass is 9.96. The zero-order valence-corrected chi connectivity index (χ0v) is 23.6. The average molecular weight is 541 g/mol. The summed E-state index contributed by atoms with van der Waals surface area (Å²) in [6.07, 6.45) is 0. The van der Waals surface area contributed by atoms with Crippen LogP contribution in [0.3, 0.4) is 0 Å². The lowest BCUT2D eigenvalue weighted by molar-refractivity contribution is -0.136. The van der Waals surface area contributed by atoms with Crippen molar-refractivity contribution in [3.63, 3.8) is 0 Å². The van der Waals surface area contributed by atoms with Crippen LogP contribution in [0.1, 0.15) is 46.3 Å². The highest BCUT2D eigenvalue weighted by molar-refractivity contribution is 7.98. The summed E-state index contributed by atoms with van der Waals surface area (Å²) in [4.78, 5) is 17.6. The second-order valence-corrected chi connectivity index (χ2v) is 10.7. The predicted molar refractivity (Wildman–Crippen MR) is 154 cm³/mol. The van der Waals surface area contributed by atoms with Crippen molar-refractivity contribution in [1.29, 1.82) is 0 Å². The van der Waals surface area contributed by atoms with Gasteiger partial charge in [0.15, 0.2) is 0 Å². The van der Waals surface area contributed by atoms with E-state index in [9.17, 15) is 4.79 Å². The topological polar surface area (TPSA) is 78.3 Å². The van der Waals surface area contributed by atoms with Gasteiger partial charge in [0.1, 0.15) is 18.4 Å². The molecule has 5 rings (SSSR count). The summed E-state index contributed by atoms with van der Waals surface area (Å²) in [7, 11) is 1.39. The summed E-state index contributed by atoms with van der Waals surface area (Å²) in [6.45, 7) is 8.69. The first-order chi connectivity index (χ1) is 18.8. The SMILES string of the molecule is COC(=O)C1=C(C)Nc2nc(SCc3ccccc3)nn2C1c1ccc(OCc2cc(C)c(C)cc2C)cc1. The molecule has 0 aliphatic carbocycles. The molecule has 1 aliphatic rings. The number of esters is 1. The quantitative estimate of drug-likeness (QED) is 0.201. The first kappa shape index (κ1) is 26.6. The molecule has 1 atom stereocenters. The molecule has 1 aromatic heterocycles. The number of nitrogens with one attached hydrogen (secondary N) is 1. The molecule has 0 radical (unpaired) electrons. The third-order valence-electron chi connectivity index (χ3n) is 6.99. The number of ether oxygens (including phenoxy) is 2. The highest BCUT2D eigenvalue weighted by atomic mass is 32.2. The van der Waals surface area contributed by atoms with Crippen molar-refractivity contribution in [2.24, 2.45) is 0 Å². The van der Waals surface area contributed by atoms with Crippen molar-refractivity contribution < 1.29 is 14.3 Å². The monoisotopic (exact) mass is 540 g/mol. The Hall–Kier alpha value is -4.04. The fourth-order valence-electron chi connectivity index (χ4n) is 4.68. The van der Waals surface area contributed by atoms with E-state index in [4.69, 9.17) is 19.6 Å². The van der Waals surface area contributed by atoms with Crippen LogP contribution >= 0.6 is 11.8 Å². The molecule has 0 spiro atoms. The van der Waals surface area contributed by atoms with E-state index in [0.29, 0.717) is 29.0 Å². The van der Waals surface area contributed by atoms with Gasteiger partial charge in [-0.05, 0) is 73.2 Å². The van der Waals surface area contributed by atoms with Crippen LogP contribution in [0.5, 0.6) is 5.75 Å². The molecule has 4 aromatic rings. The molecule has 7 nitrogen and oxygen atoms in total. The van der Waals surface area contributed by atoms with E-state index < -0.39 is 12.0 Å². The van der Waals surface area contributed by atoms with Crippen LogP contribution < -0.4 is 10.1 Å². The summed E-state index contributed by atoms with van der Waals surface area (Å²) >= 11 is 1.55. The Morgan fingerprint density at radius 1 is 0.974 bits per heavy atom. The fraction of sp³-hybridized carbons (Fsp3) is 0.258. The summed E-state index contributed by atoms with van der Waals surface area (Å²) in [6, 6.07) is 21.9. The minimum absolute atomic E-state index is 0.407. The summed E-state index contributed by atoms with van der Waals surface area (Å²) in [5.41, 5.74) is 8.18. The minimum Gasteiger partial charge on any atom is -0.489 e. The molecule has 0 saturated carbocycles. The van der Waals surface area contributed by atoms with Gasteiger partial charge in [-0.3, -0.25) is 0 Å². The second kappa shape index (κ2) is 11.4. The maximum Gasteiger partial charge on any atom is 0.338 e. The fourth-order valence-corrected chi connectivity index (χ4v) is 5.47. The van der Waals surface area contributed by atoms with Crippen molar-refractivity contribution in [2.45, 2.75) is 51.3 Å². The van der Waals surface area contributed by atoms with Crippen LogP contribution in [0.25, 0.3) is 0 Å². The number of hydrogen-bond donors (Lipinski definition) is 1. The van der Waals surface area contributed by atoms with E-state index in [1.54, 1.807) is 16.4 Å². The summed E-state index contributed by atoms with van der Waals surface area (Å²) < 4.78 is 13.0. The van der Waals surface area contributed by atoms with Crippen molar-refractivity contribution >= 4 is 23.7 Å². The van der Waals surface area contributed by atoms with Crippen LogP contribution in [0.15, 0.2) is 83.2 Å². The molecular formula is C31H32N4O3S. The van der Waals surface area contributed by atoms with Gasteiger partial charge in [-0.25, -0.2) is 9.48 Å². The number of carbonyl (C=O) groups excluding carboxylic acids is 1. The second-order valence-electron chi connectivity index (χ2n) is 9.72. The molecule has 1 unspecified atom stereocenters. The number of carbonyl (C=O) groups is 1. The Morgan fingerprint density at radius 3 is 2.41 bits per heavy atom. The third kappa shape index (κ3) is 5.71. The number of benzene rings is 3. The van der Waals surface area contributed by atoms with Crippen LogP contribution in [0, 0.1) is 20.8 Å². The van der Waals surface area contributed by atoms with Crippen molar-refractivity contribution in [3.8, 4) is 5.75 Å². The van der Waals surface area contributed by atoms with E-state index in [-0.39, 0.29) is 0 Å². The predicted octanol–water partition coefficient (Wildman–Crippen LogP) is 6.54. The molecule has 0 bridgehead atoms. The smallest absolute Gasteiger partial charge is 0.338 e. The van der Waals surface area contributed by atoms with Gasteiger partial charge < -0.3 is 14.8 Å². The number of allylic oxidation sites excluding steroid dienone is 1. The third-order valence-corrected chi connectivity index (χ3v) is 7.90. The molecular weight excluding hydrogens is 508 g/mol. The number of aromatic nitrogens is 3. The van der Waals surface area contributed by atoms with E-state index in [1.807, 2.05) is 49.4 Å². The molecule has 3 aromatic carbocycles. The van der Waals surface area contributed by atoms with Gasteiger partial charge in [0.25, 0.3) is 0 Å². The molecule has 8 heteroatoms. The Kier molecular flexibility index (Phi) is 7.74. The van der Waals surface area contributed by atoms with Gasteiger partial charge in [0.2, 0.25) is 11.1 Å². The molecule has 200 valence electrons. The molecule has 1 aliphatic heterocycles. The van der Waals surface area contributed by atoms with E-state index in [1.165, 1.54) is 34.9 Å². The minimum atomic E-state index is -0.483. The van der Waals surface area contributed by atoms with Crippen LogP contribution in [-0.2, 0) is 21.9 Å². The molecule has 39 heavy (non-hydrogen) atoms. The van der Waals surface area contributed by atoms with Gasteiger partial charge in [-0.15, -0.1) is 5.10 Å². The number of anilines is 1. The van der Waals surface area contributed by atoms with Crippen molar-refractivity contribution in [3.05, 3.63) is 111 Å². The number of rotatable bonds is 8. The highest BCUT2D eigenvalue weighted by Gasteiger charge is 2.35. The van der Waals surface area contributed by atoms with E-state index in [0.717, 1.165) is 17.1 Å². The standard InChI is InChI=1S/C31H32N4O3S/c1-19-15-21(3)25(16-20(19)2)17-38-26-13-11-24(12-14-26)28-27(29(36)37-5)22(4)32-30-33-31(34-35(28)30)39-18-23-9-7-6-8-10-23/h6-16,28H,17-18H2,1-5H3,(H,32,33,34). The Balaban J connectivity index is 1.40. The number of methoxy groups -OCH3 is 1. The van der Waals surface area contributed by atoms with Gasteiger partial charge in [-0.2, -0.15) is 4.98 Å². The van der Waals surface area contributed by atoms with Gasteiger partial charge in [0.05, 0.1) is 12.7 Å². The zero-order valence-electron chi connectivity index (χ0n) is 22.8. The maximum absolute atomic E-state index is 12.9. The average Bonchev–Trinajstić information content (AvgIpc) is 3.35. The molecule has 0 fully saturated rings. The first-order valence-corrected chi connectivity index (χ1v) is 13.8. The number of hydrogen-bond acceptors (Lipinski definition) is 7. The van der Waals surface area contributed by atoms with Crippen LogP contribution in [-0.4, -0.2) is 27.8 Å². The van der Waals surface area contributed by atoms with Gasteiger partial charge >= 0.3 is 5.97 Å². The lowest BCUT2D eigenvalue weighted by Crippen LogP contribution is -2.29. The summed E-state index contributed by atoms with van der Waals surface area (Å²) in [5.74, 6) is 1.68.